The lowest BCUT2D eigenvalue weighted by Crippen LogP contribution is -2.63. The zero-order valence-corrected chi connectivity index (χ0v) is 21.4. The third-order valence-corrected chi connectivity index (χ3v) is 7.24. The van der Waals surface area contributed by atoms with E-state index >= 15 is 0 Å². The predicted molar refractivity (Wildman–Crippen MR) is 134 cm³/mol. The first-order valence-corrected chi connectivity index (χ1v) is 12.4. The zero-order valence-electron chi connectivity index (χ0n) is 20.6. The Labute approximate surface area is 222 Å². The van der Waals surface area contributed by atoms with Gasteiger partial charge in [0.15, 0.2) is 6.10 Å². The van der Waals surface area contributed by atoms with Crippen LogP contribution in [0.1, 0.15) is 50.3 Å². The number of hydrogen-bond acceptors (Lipinski definition) is 4. The molecule has 0 saturated carbocycles. The number of aliphatic hydroxyl groups is 1. The van der Waals surface area contributed by atoms with Crippen molar-refractivity contribution >= 4 is 29.6 Å². The number of nitrogens with one attached hydrogen (secondary N) is 1. The van der Waals surface area contributed by atoms with Crippen molar-refractivity contribution in [3.05, 3.63) is 58.6 Å². The minimum atomic E-state index is -4.84. The van der Waals surface area contributed by atoms with Crippen LogP contribution in [0.2, 0.25) is 5.02 Å². The maximum atomic E-state index is 13.5. The smallest absolute Gasteiger partial charge is 0.434 e. The normalized spacial score (nSPS) is 26.2. The largest absolute Gasteiger partial charge is 0.463 e. The van der Waals surface area contributed by atoms with Crippen LogP contribution >= 0.6 is 11.6 Å². The summed E-state index contributed by atoms with van der Waals surface area (Å²) in [6.45, 7) is 3.98. The summed E-state index contributed by atoms with van der Waals surface area (Å²) < 4.78 is 44.8. The summed E-state index contributed by atoms with van der Waals surface area (Å²) in [5.41, 5.74) is -0.362. The SMILES string of the molecule is C[C@H]1C[C@@H](N2C(=O)C[C@@](C)(c3cccc(-c4cccc(C(O)C(F)(F)F)c4)c3Cl)N/C2=N\C(=O)O)CCO1. The number of benzene rings is 2. The van der Waals surface area contributed by atoms with Crippen LogP contribution in [-0.4, -0.2) is 58.0 Å². The Balaban J connectivity index is 1.72. The molecule has 8 nitrogen and oxygen atoms in total. The van der Waals surface area contributed by atoms with Gasteiger partial charge in [-0.1, -0.05) is 48.0 Å². The van der Waals surface area contributed by atoms with Gasteiger partial charge in [-0.25, -0.2) is 4.79 Å². The van der Waals surface area contributed by atoms with Gasteiger partial charge in [0.25, 0.3) is 0 Å². The number of alkyl halides is 3. The first-order chi connectivity index (χ1) is 17.8. The first-order valence-electron chi connectivity index (χ1n) is 12.0. The number of halogens is 4. The fourth-order valence-corrected chi connectivity index (χ4v) is 5.47. The Hall–Kier alpha value is -3.15. The summed E-state index contributed by atoms with van der Waals surface area (Å²) in [7, 11) is 0. The first kappa shape index (κ1) is 27.9. The van der Waals surface area contributed by atoms with Crippen LogP contribution in [0, 0.1) is 0 Å². The van der Waals surface area contributed by atoms with E-state index in [2.05, 4.69) is 10.3 Å². The van der Waals surface area contributed by atoms with Gasteiger partial charge >= 0.3 is 12.3 Å². The molecule has 3 N–H and O–H groups in total. The number of carboxylic acid groups (broad SMARTS) is 1. The predicted octanol–water partition coefficient (Wildman–Crippen LogP) is 5.24. The van der Waals surface area contributed by atoms with Crippen molar-refractivity contribution < 1.29 is 37.7 Å². The van der Waals surface area contributed by atoms with Gasteiger partial charge in [0.1, 0.15) is 0 Å². The maximum absolute atomic E-state index is 13.5. The van der Waals surface area contributed by atoms with Gasteiger partial charge in [0.05, 0.1) is 23.1 Å². The number of hydrogen-bond donors (Lipinski definition) is 3. The molecule has 1 unspecified atom stereocenters. The molecule has 0 aliphatic carbocycles. The Bertz CT molecular complexity index is 1270. The van der Waals surface area contributed by atoms with Gasteiger partial charge in [-0.05, 0) is 49.4 Å². The lowest BCUT2D eigenvalue weighted by atomic mass is 9.84. The van der Waals surface area contributed by atoms with Gasteiger partial charge in [-0.3, -0.25) is 9.69 Å². The Morgan fingerprint density at radius 3 is 2.66 bits per heavy atom. The van der Waals surface area contributed by atoms with Gasteiger partial charge in [-0.15, -0.1) is 4.99 Å². The van der Waals surface area contributed by atoms with Crippen LogP contribution in [0.4, 0.5) is 18.0 Å². The third kappa shape index (κ3) is 5.64. The van der Waals surface area contributed by atoms with Crippen LogP contribution in [0.25, 0.3) is 11.1 Å². The highest BCUT2D eigenvalue weighted by atomic mass is 35.5. The van der Waals surface area contributed by atoms with Gasteiger partial charge in [0, 0.05) is 18.2 Å². The molecule has 0 bridgehead atoms. The molecule has 2 heterocycles. The molecule has 4 atom stereocenters. The van der Waals surface area contributed by atoms with Gasteiger partial charge in [-0.2, -0.15) is 13.2 Å². The number of ether oxygens (including phenoxy) is 1. The lowest BCUT2D eigenvalue weighted by Gasteiger charge is -2.45. The molecule has 12 heteroatoms. The number of amides is 2. The molecule has 2 aromatic rings. The maximum Gasteiger partial charge on any atom is 0.434 e. The van der Waals surface area contributed by atoms with Gasteiger partial charge < -0.3 is 20.3 Å². The van der Waals surface area contributed by atoms with Gasteiger partial charge in [0.2, 0.25) is 11.9 Å². The fourth-order valence-electron chi connectivity index (χ4n) is 5.02. The Morgan fingerprint density at radius 2 is 2.00 bits per heavy atom. The Kier molecular flexibility index (Phi) is 7.74. The van der Waals surface area contributed by atoms with Crippen molar-refractivity contribution in [3.63, 3.8) is 0 Å². The standard InChI is InChI=1S/C26H27ClF3N3O5/c1-14-11-17(9-10-38-14)33-20(34)13-25(2,32-23(33)31-24(36)37)19-8-4-7-18(21(19)27)15-5-3-6-16(12-15)22(35)26(28,29)30/h3-8,12,14,17,22,35H,9-11,13H2,1-2H3,(H,31,32)(H,36,37)/t14-,17-,22?,25-/m0/s1. The number of aliphatic hydroxyl groups excluding tert-OH is 1. The molecule has 0 spiro atoms. The van der Waals surface area contributed by atoms with E-state index in [0.717, 1.165) is 0 Å². The van der Waals surface area contributed by atoms with E-state index in [4.69, 9.17) is 16.3 Å². The molecular formula is C26H27ClF3N3O5. The van der Waals surface area contributed by atoms with Crippen LogP contribution in [-0.2, 0) is 15.1 Å². The number of nitrogens with zero attached hydrogens (tertiary/aromatic N) is 2. The van der Waals surface area contributed by atoms with E-state index in [9.17, 15) is 33.0 Å². The van der Waals surface area contributed by atoms with Crippen LogP contribution in [0.5, 0.6) is 0 Å². The van der Waals surface area contributed by atoms with E-state index in [0.29, 0.717) is 36.1 Å². The number of carbonyl (C=O) groups excluding carboxylic acids is 1. The van der Waals surface area contributed by atoms with Crippen molar-refractivity contribution in [2.75, 3.05) is 6.61 Å². The van der Waals surface area contributed by atoms with Crippen LogP contribution in [0.15, 0.2) is 47.5 Å². The second kappa shape index (κ2) is 10.5. The summed E-state index contributed by atoms with van der Waals surface area (Å²) >= 11 is 6.77. The molecule has 2 aromatic carbocycles. The number of rotatable bonds is 4. The average molecular weight is 554 g/mol. The molecule has 204 valence electrons. The quantitative estimate of drug-likeness (QED) is 0.477. The molecule has 0 radical (unpaired) electrons. The zero-order chi connectivity index (χ0) is 27.8. The number of guanidine groups is 1. The average Bonchev–Trinajstić information content (AvgIpc) is 2.82. The van der Waals surface area contributed by atoms with Crippen molar-refractivity contribution in [1.29, 1.82) is 0 Å². The minimum absolute atomic E-state index is 0.0760. The third-order valence-electron chi connectivity index (χ3n) is 6.83. The molecule has 2 amide bonds. The number of aliphatic imine (C=N–C) groups is 1. The highest BCUT2D eigenvalue weighted by Crippen LogP contribution is 2.41. The van der Waals surface area contributed by atoms with E-state index in [1.54, 1.807) is 31.2 Å². The van der Waals surface area contributed by atoms with Crippen molar-refractivity contribution in [2.45, 2.75) is 63.1 Å². The summed E-state index contributed by atoms with van der Waals surface area (Å²) in [6, 6.07) is 9.93. The van der Waals surface area contributed by atoms with Crippen molar-refractivity contribution in [2.24, 2.45) is 4.99 Å². The topological polar surface area (TPSA) is 111 Å². The fraction of sp³-hybridized carbons (Fsp3) is 0.423. The molecule has 38 heavy (non-hydrogen) atoms. The lowest BCUT2D eigenvalue weighted by molar-refractivity contribution is -0.206. The minimum Gasteiger partial charge on any atom is -0.463 e. The second-order valence-electron chi connectivity index (χ2n) is 9.71. The van der Waals surface area contributed by atoms with Crippen molar-refractivity contribution in [3.8, 4) is 11.1 Å². The van der Waals surface area contributed by atoms with Crippen molar-refractivity contribution in [1.82, 2.24) is 10.2 Å². The molecule has 2 saturated heterocycles. The van der Waals surface area contributed by atoms with E-state index in [1.165, 1.54) is 23.1 Å². The van der Waals surface area contributed by atoms with Crippen LogP contribution < -0.4 is 5.32 Å². The van der Waals surface area contributed by atoms with E-state index < -0.39 is 23.9 Å². The number of carbonyl (C=O) groups is 2. The molecule has 2 fully saturated rings. The highest BCUT2D eigenvalue weighted by Gasteiger charge is 2.45. The summed E-state index contributed by atoms with van der Waals surface area (Å²) in [5.74, 6) is -0.464. The summed E-state index contributed by atoms with van der Waals surface area (Å²) in [6.07, 6.45) is -8.13. The van der Waals surface area contributed by atoms with E-state index in [-0.39, 0.29) is 41.0 Å². The monoisotopic (exact) mass is 553 g/mol. The summed E-state index contributed by atoms with van der Waals surface area (Å²) in [4.78, 5) is 30.0. The molecule has 0 aromatic heterocycles. The van der Waals surface area contributed by atoms with Crippen LogP contribution in [0.3, 0.4) is 0 Å². The molecule has 4 rings (SSSR count). The highest BCUT2D eigenvalue weighted by molar-refractivity contribution is 6.34. The van der Waals surface area contributed by atoms with E-state index in [1.807, 2.05) is 6.92 Å². The molecule has 2 aliphatic heterocycles. The second-order valence-corrected chi connectivity index (χ2v) is 10.1. The molecular weight excluding hydrogens is 527 g/mol. The summed E-state index contributed by atoms with van der Waals surface area (Å²) in [5, 5.41) is 22.4. The molecule has 2 aliphatic rings. The Morgan fingerprint density at radius 1 is 1.29 bits per heavy atom.